The number of nitrogens with zero attached hydrogens (tertiary/aromatic N) is 2. The highest BCUT2D eigenvalue weighted by molar-refractivity contribution is 6.31. The SMILES string of the molecule is Cc1ccc(Cl)cc1NC(=O)/C(C#N)=C\Nc1ccccc1[N+](=O)[O-]. The fraction of sp³-hybridized carbons (Fsp3) is 0.0588. The van der Waals surface area contributed by atoms with Crippen LogP contribution in [-0.2, 0) is 4.79 Å². The third kappa shape index (κ3) is 4.56. The van der Waals surface area contributed by atoms with Crippen LogP contribution in [0.4, 0.5) is 17.1 Å². The van der Waals surface area contributed by atoms with E-state index >= 15 is 0 Å². The van der Waals surface area contributed by atoms with E-state index < -0.39 is 10.8 Å². The number of amides is 1. The summed E-state index contributed by atoms with van der Waals surface area (Å²) < 4.78 is 0. The zero-order chi connectivity index (χ0) is 18.4. The fourth-order valence-corrected chi connectivity index (χ4v) is 2.14. The van der Waals surface area contributed by atoms with Gasteiger partial charge in [-0.25, -0.2) is 0 Å². The Kier molecular flexibility index (Phi) is 5.71. The second-order valence-electron chi connectivity index (χ2n) is 5.00. The molecule has 0 spiro atoms. The van der Waals surface area contributed by atoms with Crippen LogP contribution in [0, 0.1) is 28.4 Å². The summed E-state index contributed by atoms with van der Waals surface area (Å²) in [6.45, 7) is 1.79. The minimum atomic E-state index is -0.654. The number of rotatable bonds is 5. The number of carbonyl (C=O) groups is 1. The van der Waals surface area contributed by atoms with Crippen LogP contribution < -0.4 is 10.6 Å². The van der Waals surface area contributed by atoms with E-state index in [9.17, 15) is 20.2 Å². The predicted octanol–water partition coefficient (Wildman–Crippen LogP) is 4.01. The number of para-hydroxylation sites is 2. The molecule has 0 unspecified atom stereocenters. The van der Waals surface area contributed by atoms with Crippen molar-refractivity contribution in [3.05, 3.63) is 74.9 Å². The molecule has 0 heterocycles. The lowest BCUT2D eigenvalue weighted by molar-refractivity contribution is -0.383. The number of halogens is 1. The largest absolute Gasteiger partial charge is 0.355 e. The second kappa shape index (κ2) is 7.95. The lowest BCUT2D eigenvalue weighted by atomic mass is 10.2. The van der Waals surface area contributed by atoms with Crippen molar-refractivity contribution in [3.63, 3.8) is 0 Å². The van der Waals surface area contributed by atoms with Gasteiger partial charge in [-0.1, -0.05) is 29.8 Å². The monoisotopic (exact) mass is 356 g/mol. The molecule has 0 aliphatic carbocycles. The summed E-state index contributed by atoms with van der Waals surface area (Å²) in [6, 6.07) is 12.7. The summed E-state index contributed by atoms with van der Waals surface area (Å²) in [5.41, 5.74) is 1.03. The van der Waals surface area contributed by atoms with Crippen LogP contribution in [0.2, 0.25) is 5.02 Å². The minimum Gasteiger partial charge on any atom is -0.355 e. The Hall–Kier alpha value is -3.37. The number of benzene rings is 2. The molecule has 126 valence electrons. The molecule has 8 heteroatoms. The van der Waals surface area contributed by atoms with Crippen LogP contribution in [0.15, 0.2) is 54.2 Å². The highest BCUT2D eigenvalue weighted by Crippen LogP contribution is 2.24. The second-order valence-corrected chi connectivity index (χ2v) is 5.44. The van der Waals surface area contributed by atoms with Crippen molar-refractivity contribution in [1.29, 1.82) is 5.26 Å². The van der Waals surface area contributed by atoms with E-state index in [1.165, 1.54) is 18.2 Å². The zero-order valence-corrected chi connectivity index (χ0v) is 13.9. The Morgan fingerprint density at radius 3 is 2.68 bits per heavy atom. The Labute approximate surface area is 148 Å². The average Bonchev–Trinajstić information content (AvgIpc) is 2.59. The smallest absolute Gasteiger partial charge is 0.292 e. The lowest BCUT2D eigenvalue weighted by Gasteiger charge is -2.08. The Balaban J connectivity index is 2.20. The first-order valence-corrected chi connectivity index (χ1v) is 7.48. The summed E-state index contributed by atoms with van der Waals surface area (Å²) in [5.74, 6) is -0.654. The van der Waals surface area contributed by atoms with Gasteiger partial charge < -0.3 is 10.6 Å². The molecule has 0 radical (unpaired) electrons. The molecule has 1 amide bonds. The molecule has 0 fully saturated rings. The van der Waals surface area contributed by atoms with E-state index in [4.69, 9.17) is 11.6 Å². The van der Waals surface area contributed by atoms with E-state index in [1.807, 2.05) is 0 Å². The van der Waals surface area contributed by atoms with Gasteiger partial charge in [-0.2, -0.15) is 5.26 Å². The summed E-state index contributed by atoms with van der Waals surface area (Å²) in [5, 5.41) is 25.8. The van der Waals surface area contributed by atoms with Gasteiger partial charge >= 0.3 is 0 Å². The molecule has 2 rings (SSSR count). The zero-order valence-electron chi connectivity index (χ0n) is 13.1. The summed E-state index contributed by atoms with van der Waals surface area (Å²) in [4.78, 5) is 22.6. The topological polar surface area (TPSA) is 108 Å². The van der Waals surface area contributed by atoms with Gasteiger partial charge in [-0.15, -0.1) is 0 Å². The van der Waals surface area contributed by atoms with Gasteiger partial charge in [0.2, 0.25) is 0 Å². The predicted molar refractivity (Wildman–Crippen MR) is 95.2 cm³/mol. The fourth-order valence-electron chi connectivity index (χ4n) is 1.97. The molecular weight excluding hydrogens is 344 g/mol. The van der Waals surface area contributed by atoms with Gasteiger partial charge in [-0.05, 0) is 30.7 Å². The first-order valence-electron chi connectivity index (χ1n) is 7.10. The number of hydrogen-bond donors (Lipinski definition) is 2. The highest BCUT2D eigenvalue weighted by Gasteiger charge is 2.14. The Morgan fingerprint density at radius 2 is 2.00 bits per heavy atom. The van der Waals surface area contributed by atoms with Crippen molar-refractivity contribution in [2.24, 2.45) is 0 Å². The molecule has 0 aliphatic heterocycles. The highest BCUT2D eigenvalue weighted by atomic mass is 35.5. The summed E-state index contributed by atoms with van der Waals surface area (Å²) in [6.07, 6.45) is 1.12. The van der Waals surface area contributed by atoms with Gasteiger partial charge in [0.05, 0.1) is 4.92 Å². The molecule has 0 bridgehead atoms. The molecule has 2 N–H and O–H groups in total. The van der Waals surface area contributed by atoms with Gasteiger partial charge in [0.1, 0.15) is 17.3 Å². The number of hydrogen-bond acceptors (Lipinski definition) is 5. The number of nitro groups is 1. The van der Waals surface area contributed by atoms with Crippen molar-refractivity contribution >= 4 is 34.6 Å². The number of anilines is 2. The summed E-state index contributed by atoms with van der Waals surface area (Å²) >= 11 is 5.89. The van der Waals surface area contributed by atoms with Crippen LogP contribution in [0.25, 0.3) is 0 Å². The summed E-state index contributed by atoms with van der Waals surface area (Å²) in [7, 11) is 0. The van der Waals surface area contributed by atoms with Gasteiger partial charge in [0.15, 0.2) is 0 Å². The van der Waals surface area contributed by atoms with Gasteiger partial charge in [0.25, 0.3) is 11.6 Å². The maximum Gasteiger partial charge on any atom is 0.292 e. The van der Waals surface area contributed by atoms with E-state index in [1.54, 1.807) is 37.3 Å². The number of carbonyl (C=O) groups excluding carboxylic acids is 1. The van der Waals surface area contributed by atoms with Crippen molar-refractivity contribution in [2.45, 2.75) is 6.92 Å². The van der Waals surface area contributed by atoms with Crippen molar-refractivity contribution in [3.8, 4) is 6.07 Å². The number of nitro benzene ring substituents is 1. The van der Waals surface area contributed by atoms with Crippen molar-refractivity contribution in [1.82, 2.24) is 0 Å². The third-order valence-corrected chi connectivity index (χ3v) is 3.52. The van der Waals surface area contributed by atoms with Crippen LogP contribution in [-0.4, -0.2) is 10.8 Å². The first-order chi connectivity index (χ1) is 11.9. The maximum absolute atomic E-state index is 12.2. The molecule has 0 saturated carbocycles. The molecule has 2 aromatic carbocycles. The standard InChI is InChI=1S/C17H13ClN4O3/c1-11-6-7-13(18)8-15(11)21-17(23)12(9-19)10-20-14-4-2-3-5-16(14)22(24)25/h2-8,10,20H,1H3,(H,21,23)/b12-10-. The van der Waals surface area contributed by atoms with Gasteiger partial charge in [0, 0.05) is 23.0 Å². The normalized spacial score (nSPS) is 10.7. The third-order valence-electron chi connectivity index (χ3n) is 3.29. The molecular formula is C17H13ClN4O3. The number of nitriles is 1. The van der Waals surface area contributed by atoms with E-state index in [2.05, 4.69) is 10.6 Å². The number of nitrogens with one attached hydrogen (secondary N) is 2. The van der Waals surface area contributed by atoms with Crippen molar-refractivity contribution < 1.29 is 9.72 Å². The average molecular weight is 357 g/mol. The Morgan fingerprint density at radius 1 is 1.28 bits per heavy atom. The first kappa shape index (κ1) is 18.0. The maximum atomic E-state index is 12.2. The van der Waals surface area contributed by atoms with Crippen LogP contribution in [0.3, 0.4) is 0 Å². The van der Waals surface area contributed by atoms with E-state index in [0.29, 0.717) is 10.7 Å². The minimum absolute atomic E-state index is 0.165. The van der Waals surface area contributed by atoms with Crippen LogP contribution >= 0.6 is 11.6 Å². The molecule has 0 aliphatic rings. The Bertz CT molecular complexity index is 903. The molecule has 0 saturated heterocycles. The van der Waals surface area contributed by atoms with Crippen molar-refractivity contribution in [2.75, 3.05) is 10.6 Å². The molecule has 0 atom stereocenters. The lowest BCUT2D eigenvalue weighted by Crippen LogP contribution is -2.15. The van der Waals surface area contributed by atoms with Gasteiger partial charge in [-0.3, -0.25) is 14.9 Å². The quantitative estimate of drug-likeness (QED) is 0.364. The molecule has 0 aromatic heterocycles. The van der Waals surface area contributed by atoms with E-state index in [-0.39, 0.29) is 16.9 Å². The van der Waals surface area contributed by atoms with Crippen LogP contribution in [0.5, 0.6) is 0 Å². The molecule has 7 nitrogen and oxygen atoms in total. The van der Waals surface area contributed by atoms with E-state index in [0.717, 1.165) is 11.8 Å². The van der Waals surface area contributed by atoms with Crippen LogP contribution in [0.1, 0.15) is 5.56 Å². The number of aryl methyl sites for hydroxylation is 1. The molecule has 25 heavy (non-hydrogen) atoms. The molecule has 2 aromatic rings.